The number of ether oxygens (including phenoxy) is 1. The minimum Gasteiger partial charge on any atom is -0.383 e. The summed E-state index contributed by atoms with van der Waals surface area (Å²) < 4.78 is 10.2. The van der Waals surface area contributed by atoms with Crippen molar-refractivity contribution in [3.63, 3.8) is 0 Å². The van der Waals surface area contributed by atoms with Crippen LogP contribution in [0.2, 0.25) is 0 Å². The molecule has 0 saturated carbocycles. The minimum absolute atomic E-state index is 0.359. The van der Waals surface area contributed by atoms with Gasteiger partial charge in [0.25, 0.3) is 5.89 Å². The van der Waals surface area contributed by atoms with E-state index in [-0.39, 0.29) is 6.04 Å². The number of aryl methyl sites for hydroxylation is 1. The summed E-state index contributed by atoms with van der Waals surface area (Å²) in [5.41, 5.74) is 8.00. The number of hydrogen-bond donors (Lipinski definition) is 1. The van der Waals surface area contributed by atoms with Gasteiger partial charge in [-0.2, -0.15) is 4.98 Å². The van der Waals surface area contributed by atoms with Crippen molar-refractivity contribution in [1.29, 1.82) is 0 Å². The lowest BCUT2D eigenvalue weighted by Gasteiger charge is -2.03. The fourth-order valence-electron chi connectivity index (χ4n) is 1.64. The summed E-state index contributed by atoms with van der Waals surface area (Å²) in [7, 11) is 1.59. The normalized spacial score (nSPS) is 12.6. The maximum absolute atomic E-state index is 5.83. The first-order valence-electron chi connectivity index (χ1n) is 5.92. The molecule has 0 radical (unpaired) electrons. The smallest absolute Gasteiger partial charge is 0.257 e. The second kappa shape index (κ2) is 5.75. The largest absolute Gasteiger partial charge is 0.383 e. The lowest BCUT2D eigenvalue weighted by atomic mass is 10.1. The summed E-state index contributed by atoms with van der Waals surface area (Å²) in [5, 5.41) is 3.86. The molecule has 0 saturated heterocycles. The average Bonchev–Trinajstić information content (AvgIpc) is 2.89. The predicted octanol–water partition coefficient (Wildman–Crippen LogP) is 1.95. The standard InChI is InChI=1S/C13H17N3O2/c1-3-9-4-6-10(7-5-9)13-15-12(16-18-13)11(14)8-17-2/h4-7,11H,3,8,14H2,1-2H3. The van der Waals surface area contributed by atoms with E-state index in [0.29, 0.717) is 18.3 Å². The molecule has 1 heterocycles. The van der Waals surface area contributed by atoms with E-state index in [1.807, 2.05) is 24.3 Å². The number of nitrogens with two attached hydrogens (primary N) is 1. The second-order valence-electron chi connectivity index (χ2n) is 4.07. The summed E-state index contributed by atoms with van der Waals surface area (Å²) in [6, 6.07) is 7.68. The third-order valence-electron chi connectivity index (χ3n) is 2.73. The van der Waals surface area contributed by atoms with Crippen LogP contribution in [0.4, 0.5) is 0 Å². The van der Waals surface area contributed by atoms with Crippen molar-refractivity contribution in [3.05, 3.63) is 35.7 Å². The molecule has 0 fully saturated rings. The van der Waals surface area contributed by atoms with Crippen molar-refractivity contribution in [2.75, 3.05) is 13.7 Å². The molecule has 0 aliphatic carbocycles. The van der Waals surface area contributed by atoms with Crippen molar-refractivity contribution in [3.8, 4) is 11.5 Å². The van der Waals surface area contributed by atoms with Crippen LogP contribution in [0.1, 0.15) is 24.4 Å². The van der Waals surface area contributed by atoms with Gasteiger partial charge in [0.1, 0.15) is 0 Å². The van der Waals surface area contributed by atoms with Gasteiger partial charge in [-0.3, -0.25) is 0 Å². The van der Waals surface area contributed by atoms with E-state index < -0.39 is 0 Å². The lowest BCUT2D eigenvalue weighted by Crippen LogP contribution is -2.17. The molecule has 1 unspecified atom stereocenters. The van der Waals surface area contributed by atoms with E-state index in [9.17, 15) is 0 Å². The van der Waals surface area contributed by atoms with Gasteiger partial charge in [-0.05, 0) is 24.1 Å². The first-order valence-corrected chi connectivity index (χ1v) is 5.92. The van der Waals surface area contributed by atoms with Crippen molar-refractivity contribution in [2.24, 2.45) is 5.73 Å². The molecular weight excluding hydrogens is 230 g/mol. The summed E-state index contributed by atoms with van der Waals surface area (Å²) >= 11 is 0. The van der Waals surface area contributed by atoms with Crippen LogP contribution in [0, 0.1) is 0 Å². The van der Waals surface area contributed by atoms with E-state index in [1.54, 1.807) is 7.11 Å². The van der Waals surface area contributed by atoms with Gasteiger partial charge in [0, 0.05) is 12.7 Å². The molecule has 0 amide bonds. The zero-order valence-electron chi connectivity index (χ0n) is 10.6. The quantitative estimate of drug-likeness (QED) is 0.874. The monoisotopic (exact) mass is 247 g/mol. The third-order valence-corrected chi connectivity index (χ3v) is 2.73. The van der Waals surface area contributed by atoms with Crippen LogP contribution in [0.5, 0.6) is 0 Å². The number of aromatic nitrogens is 2. The highest BCUT2D eigenvalue weighted by molar-refractivity contribution is 5.53. The summed E-state index contributed by atoms with van der Waals surface area (Å²) in [4.78, 5) is 4.27. The van der Waals surface area contributed by atoms with Crippen molar-refractivity contribution in [2.45, 2.75) is 19.4 Å². The van der Waals surface area contributed by atoms with Crippen LogP contribution in [0.25, 0.3) is 11.5 Å². The zero-order valence-corrected chi connectivity index (χ0v) is 10.6. The molecule has 2 N–H and O–H groups in total. The highest BCUT2D eigenvalue weighted by Crippen LogP contribution is 2.19. The lowest BCUT2D eigenvalue weighted by molar-refractivity contribution is 0.177. The molecular formula is C13H17N3O2. The molecule has 0 spiro atoms. The summed E-state index contributed by atoms with van der Waals surface area (Å²) in [6.45, 7) is 2.48. The van der Waals surface area contributed by atoms with Crippen LogP contribution >= 0.6 is 0 Å². The molecule has 18 heavy (non-hydrogen) atoms. The fraction of sp³-hybridized carbons (Fsp3) is 0.385. The van der Waals surface area contributed by atoms with Gasteiger partial charge in [-0.25, -0.2) is 0 Å². The number of nitrogens with zero attached hydrogens (tertiary/aromatic N) is 2. The molecule has 1 aromatic heterocycles. The Hall–Kier alpha value is -1.72. The van der Waals surface area contributed by atoms with Gasteiger partial charge in [0.05, 0.1) is 12.6 Å². The zero-order chi connectivity index (χ0) is 13.0. The highest BCUT2D eigenvalue weighted by atomic mass is 16.5. The maximum Gasteiger partial charge on any atom is 0.257 e. The molecule has 2 rings (SSSR count). The SMILES string of the molecule is CCc1ccc(-c2nc(C(N)COC)no2)cc1. The van der Waals surface area contributed by atoms with E-state index in [4.69, 9.17) is 15.0 Å². The van der Waals surface area contributed by atoms with Gasteiger partial charge in [-0.15, -0.1) is 0 Å². The Morgan fingerprint density at radius 2 is 2.06 bits per heavy atom. The molecule has 5 heteroatoms. The predicted molar refractivity (Wildman–Crippen MR) is 67.9 cm³/mol. The van der Waals surface area contributed by atoms with Gasteiger partial charge in [0.15, 0.2) is 5.82 Å². The fourth-order valence-corrected chi connectivity index (χ4v) is 1.64. The van der Waals surface area contributed by atoms with E-state index in [2.05, 4.69) is 17.1 Å². The van der Waals surface area contributed by atoms with E-state index >= 15 is 0 Å². The van der Waals surface area contributed by atoms with Gasteiger partial charge < -0.3 is 15.0 Å². The van der Waals surface area contributed by atoms with Crippen molar-refractivity contribution in [1.82, 2.24) is 10.1 Å². The van der Waals surface area contributed by atoms with Crippen molar-refractivity contribution >= 4 is 0 Å². The Morgan fingerprint density at radius 1 is 1.33 bits per heavy atom. The Kier molecular flexibility index (Phi) is 4.07. The molecule has 96 valence electrons. The average molecular weight is 247 g/mol. The van der Waals surface area contributed by atoms with E-state index in [0.717, 1.165) is 12.0 Å². The molecule has 0 bridgehead atoms. The van der Waals surface area contributed by atoms with Crippen molar-refractivity contribution < 1.29 is 9.26 Å². The first-order chi connectivity index (χ1) is 8.74. The Bertz CT molecular complexity index is 493. The van der Waals surface area contributed by atoms with Crippen LogP contribution in [0.3, 0.4) is 0 Å². The first kappa shape index (κ1) is 12.7. The summed E-state index contributed by atoms with van der Waals surface area (Å²) in [5.74, 6) is 0.950. The molecule has 5 nitrogen and oxygen atoms in total. The maximum atomic E-state index is 5.83. The van der Waals surface area contributed by atoms with Crippen LogP contribution in [0.15, 0.2) is 28.8 Å². The second-order valence-corrected chi connectivity index (χ2v) is 4.07. The van der Waals surface area contributed by atoms with Gasteiger partial charge >= 0.3 is 0 Å². The highest BCUT2D eigenvalue weighted by Gasteiger charge is 2.14. The Morgan fingerprint density at radius 3 is 2.67 bits per heavy atom. The van der Waals surface area contributed by atoms with Crippen LogP contribution < -0.4 is 5.73 Å². The number of hydrogen-bond acceptors (Lipinski definition) is 5. The molecule has 0 aliphatic rings. The topological polar surface area (TPSA) is 74.2 Å². The van der Waals surface area contributed by atoms with Gasteiger partial charge in [0.2, 0.25) is 0 Å². The summed E-state index contributed by atoms with van der Waals surface area (Å²) in [6.07, 6.45) is 1.01. The number of methoxy groups -OCH3 is 1. The minimum atomic E-state index is -0.359. The number of benzene rings is 1. The van der Waals surface area contributed by atoms with Crippen LogP contribution in [-0.4, -0.2) is 23.9 Å². The molecule has 1 atom stereocenters. The third kappa shape index (κ3) is 2.75. The molecule has 2 aromatic rings. The van der Waals surface area contributed by atoms with E-state index in [1.165, 1.54) is 5.56 Å². The van der Waals surface area contributed by atoms with Gasteiger partial charge in [-0.1, -0.05) is 24.2 Å². The van der Waals surface area contributed by atoms with Crippen LogP contribution in [-0.2, 0) is 11.2 Å². The Labute approximate surface area is 106 Å². The Balaban J connectivity index is 2.18. The molecule has 0 aliphatic heterocycles. The molecule has 1 aromatic carbocycles. The number of rotatable bonds is 5.